The van der Waals surface area contributed by atoms with E-state index < -0.39 is 17.1 Å². The number of hydrogen-bond acceptors (Lipinski definition) is 6. The van der Waals surface area contributed by atoms with Crippen LogP contribution in [0.4, 0.5) is 4.39 Å². The molecule has 0 bridgehead atoms. The summed E-state index contributed by atoms with van der Waals surface area (Å²) in [5.41, 5.74) is -0.227. The highest BCUT2D eigenvalue weighted by Crippen LogP contribution is 2.34. The quantitative estimate of drug-likeness (QED) is 0.392. The maximum absolute atomic E-state index is 14.9. The molecule has 10 heteroatoms. The van der Waals surface area contributed by atoms with Crippen LogP contribution in [-0.4, -0.2) is 31.8 Å². The fourth-order valence-corrected chi connectivity index (χ4v) is 4.26. The largest absolute Gasteiger partial charge is 0.493 e. The van der Waals surface area contributed by atoms with E-state index in [0.717, 1.165) is 33.7 Å². The first kappa shape index (κ1) is 21.7. The van der Waals surface area contributed by atoms with Gasteiger partial charge in [0.05, 0.1) is 12.3 Å². The van der Waals surface area contributed by atoms with Gasteiger partial charge < -0.3 is 9.72 Å². The van der Waals surface area contributed by atoms with E-state index in [-0.39, 0.29) is 16.9 Å². The second-order valence-corrected chi connectivity index (χ2v) is 8.32. The van der Waals surface area contributed by atoms with E-state index in [2.05, 4.69) is 27.4 Å². The Balaban J connectivity index is 1.84. The van der Waals surface area contributed by atoms with Crippen LogP contribution in [0.2, 0.25) is 0 Å². The van der Waals surface area contributed by atoms with E-state index in [1.807, 2.05) is 19.1 Å². The Morgan fingerprint density at radius 1 is 1.12 bits per heavy atom. The van der Waals surface area contributed by atoms with Crippen molar-refractivity contribution in [1.82, 2.24) is 25.2 Å². The molecule has 0 aliphatic heterocycles. The third-order valence-corrected chi connectivity index (χ3v) is 6.23. The molecule has 0 aliphatic carbocycles. The van der Waals surface area contributed by atoms with Gasteiger partial charge in [-0.2, -0.15) is 4.68 Å². The number of H-pyrrole nitrogens is 2. The molecule has 0 saturated carbocycles. The standard InChI is InChI=1S/C22H22FN5O3S/c1-3-5-10-31-13-6-8-15(17(23)11-13)18-12-16(19-9-7-14(4-2)32-19)20(21(29)24-18)28-22(30)25-26-27-28/h6-9,11-12H,3-5,10H2,1-2H3,(H,24,29)(H,25,27,30). The predicted octanol–water partition coefficient (Wildman–Crippen LogP) is 3.92. The minimum Gasteiger partial charge on any atom is -0.493 e. The van der Waals surface area contributed by atoms with Gasteiger partial charge >= 0.3 is 5.69 Å². The summed E-state index contributed by atoms with van der Waals surface area (Å²) < 4.78 is 21.4. The molecule has 32 heavy (non-hydrogen) atoms. The number of ether oxygens (including phenoxy) is 1. The average Bonchev–Trinajstić information content (AvgIpc) is 3.42. The number of halogens is 1. The molecule has 0 unspecified atom stereocenters. The third kappa shape index (κ3) is 4.26. The summed E-state index contributed by atoms with van der Waals surface area (Å²) >= 11 is 1.49. The molecule has 0 radical (unpaired) electrons. The smallest absolute Gasteiger partial charge is 0.366 e. The number of aromatic nitrogens is 5. The molecular formula is C22H22FN5O3S. The summed E-state index contributed by atoms with van der Waals surface area (Å²) in [7, 11) is 0. The number of thiophene rings is 1. The van der Waals surface area contributed by atoms with Gasteiger partial charge in [-0.15, -0.1) is 11.3 Å². The Labute approximate surface area is 186 Å². The van der Waals surface area contributed by atoms with Crippen molar-refractivity contribution >= 4 is 11.3 Å². The summed E-state index contributed by atoms with van der Waals surface area (Å²) in [5, 5.41) is 9.40. The topological polar surface area (TPSA) is 106 Å². The molecule has 8 nitrogen and oxygen atoms in total. The van der Waals surface area contributed by atoms with Crippen molar-refractivity contribution in [3.63, 3.8) is 0 Å². The molecule has 0 amide bonds. The van der Waals surface area contributed by atoms with Gasteiger partial charge in [0.2, 0.25) is 0 Å². The van der Waals surface area contributed by atoms with E-state index in [1.165, 1.54) is 17.4 Å². The van der Waals surface area contributed by atoms with E-state index in [4.69, 9.17) is 4.74 Å². The number of tetrazole rings is 1. The zero-order valence-corrected chi connectivity index (χ0v) is 18.5. The Morgan fingerprint density at radius 3 is 2.62 bits per heavy atom. The summed E-state index contributed by atoms with van der Waals surface area (Å²) in [4.78, 5) is 29.7. The molecule has 3 aromatic heterocycles. The number of aryl methyl sites for hydroxylation is 1. The summed E-state index contributed by atoms with van der Waals surface area (Å²) in [5.74, 6) is -0.0914. The second kappa shape index (κ2) is 9.31. The summed E-state index contributed by atoms with van der Waals surface area (Å²) in [6.45, 7) is 4.59. The summed E-state index contributed by atoms with van der Waals surface area (Å²) in [6, 6.07) is 10.0. The fourth-order valence-electron chi connectivity index (χ4n) is 3.29. The van der Waals surface area contributed by atoms with Crippen LogP contribution in [0.1, 0.15) is 31.6 Å². The maximum Gasteiger partial charge on any atom is 0.366 e. The number of nitrogens with zero attached hydrogens (tertiary/aromatic N) is 3. The lowest BCUT2D eigenvalue weighted by atomic mass is 10.1. The fraction of sp³-hybridized carbons (Fsp3) is 0.273. The Kier molecular flexibility index (Phi) is 6.31. The van der Waals surface area contributed by atoms with E-state index in [1.54, 1.807) is 18.2 Å². The molecule has 0 spiro atoms. The number of rotatable bonds is 8. The normalized spacial score (nSPS) is 11.1. The predicted molar refractivity (Wildman–Crippen MR) is 121 cm³/mol. The highest BCUT2D eigenvalue weighted by molar-refractivity contribution is 7.15. The van der Waals surface area contributed by atoms with E-state index in [9.17, 15) is 14.0 Å². The lowest BCUT2D eigenvalue weighted by molar-refractivity contribution is 0.308. The maximum atomic E-state index is 14.9. The first-order chi connectivity index (χ1) is 15.5. The SMILES string of the molecule is CCCCOc1ccc(-c2cc(-c3ccc(CC)s3)c(-n3nn[nH]c3=O)c(=O)[nH]2)c(F)c1. The van der Waals surface area contributed by atoms with Gasteiger partial charge in [-0.25, -0.2) is 14.3 Å². The van der Waals surface area contributed by atoms with Crippen LogP contribution >= 0.6 is 11.3 Å². The lowest BCUT2D eigenvalue weighted by Crippen LogP contribution is -2.25. The number of benzene rings is 1. The van der Waals surface area contributed by atoms with Gasteiger partial charge in [-0.05, 0) is 53.6 Å². The first-order valence-corrected chi connectivity index (χ1v) is 11.1. The van der Waals surface area contributed by atoms with Crippen LogP contribution < -0.4 is 16.0 Å². The van der Waals surface area contributed by atoms with Gasteiger partial charge in [0.25, 0.3) is 5.56 Å². The zero-order chi connectivity index (χ0) is 22.7. The molecule has 166 valence electrons. The van der Waals surface area contributed by atoms with Crippen molar-refractivity contribution in [2.24, 2.45) is 0 Å². The number of aromatic amines is 2. The van der Waals surface area contributed by atoms with Crippen molar-refractivity contribution in [2.45, 2.75) is 33.1 Å². The van der Waals surface area contributed by atoms with Crippen molar-refractivity contribution in [2.75, 3.05) is 6.61 Å². The van der Waals surface area contributed by atoms with Crippen LogP contribution in [0.25, 0.3) is 27.4 Å². The van der Waals surface area contributed by atoms with Gasteiger partial charge in [0.15, 0.2) is 0 Å². The Bertz CT molecular complexity index is 1350. The van der Waals surface area contributed by atoms with Crippen LogP contribution in [0.15, 0.2) is 46.0 Å². The van der Waals surface area contributed by atoms with E-state index in [0.29, 0.717) is 17.9 Å². The van der Waals surface area contributed by atoms with Gasteiger partial charge in [0.1, 0.15) is 17.3 Å². The van der Waals surface area contributed by atoms with Crippen LogP contribution in [0, 0.1) is 5.82 Å². The minimum atomic E-state index is -0.642. The van der Waals surface area contributed by atoms with Crippen molar-refractivity contribution in [3.8, 4) is 33.1 Å². The van der Waals surface area contributed by atoms with Crippen molar-refractivity contribution < 1.29 is 9.13 Å². The number of unbranched alkanes of at least 4 members (excludes halogenated alkanes) is 1. The Hall–Kier alpha value is -3.53. The van der Waals surface area contributed by atoms with Crippen LogP contribution in [0.3, 0.4) is 0 Å². The number of pyridine rings is 1. The minimum absolute atomic E-state index is 0.0249. The second-order valence-electron chi connectivity index (χ2n) is 7.16. The van der Waals surface area contributed by atoms with Gasteiger partial charge in [-0.3, -0.25) is 4.79 Å². The molecule has 4 aromatic rings. The van der Waals surface area contributed by atoms with Crippen molar-refractivity contribution in [1.29, 1.82) is 0 Å². The first-order valence-electron chi connectivity index (χ1n) is 10.3. The number of hydrogen-bond donors (Lipinski definition) is 2. The van der Waals surface area contributed by atoms with Gasteiger partial charge in [-0.1, -0.05) is 20.3 Å². The average molecular weight is 456 g/mol. The third-order valence-electron chi connectivity index (χ3n) is 4.96. The highest BCUT2D eigenvalue weighted by atomic mass is 32.1. The molecule has 4 rings (SSSR count). The molecule has 0 saturated heterocycles. The van der Waals surface area contributed by atoms with Crippen LogP contribution in [0.5, 0.6) is 5.75 Å². The number of nitrogens with one attached hydrogen (secondary N) is 2. The molecule has 0 atom stereocenters. The molecular weight excluding hydrogens is 433 g/mol. The molecule has 2 N–H and O–H groups in total. The van der Waals surface area contributed by atoms with Crippen LogP contribution in [-0.2, 0) is 6.42 Å². The van der Waals surface area contributed by atoms with Gasteiger partial charge in [0, 0.05) is 26.9 Å². The monoisotopic (exact) mass is 455 g/mol. The molecule has 3 heterocycles. The Morgan fingerprint density at radius 2 is 1.97 bits per heavy atom. The summed E-state index contributed by atoms with van der Waals surface area (Å²) in [6.07, 6.45) is 2.69. The molecule has 0 aliphatic rings. The van der Waals surface area contributed by atoms with Crippen molar-refractivity contribution in [3.05, 3.63) is 67.9 Å². The van der Waals surface area contributed by atoms with E-state index >= 15 is 0 Å². The molecule has 1 aromatic carbocycles. The zero-order valence-electron chi connectivity index (χ0n) is 17.6. The lowest BCUT2D eigenvalue weighted by Gasteiger charge is -2.11. The highest BCUT2D eigenvalue weighted by Gasteiger charge is 2.20. The molecule has 0 fully saturated rings.